The zero-order chi connectivity index (χ0) is 18.5. The summed E-state index contributed by atoms with van der Waals surface area (Å²) in [5.74, 6) is -0.0167. The van der Waals surface area contributed by atoms with Crippen LogP contribution in [0.5, 0.6) is 11.5 Å². The summed E-state index contributed by atoms with van der Waals surface area (Å²) in [6.45, 7) is 3.43. The van der Waals surface area contributed by atoms with Gasteiger partial charge in [-0.3, -0.25) is 0 Å². The average Bonchev–Trinajstić information content (AvgIpc) is 2.61. The summed E-state index contributed by atoms with van der Waals surface area (Å²) in [6.07, 6.45) is 0.869. The van der Waals surface area contributed by atoms with Gasteiger partial charge in [-0.25, -0.2) is 8.42 Å². The minimum absolute atomic E-state index is 0.0200. The zero-order valence-electron chi connectivity index (χ0n) is 14.7. The van der Waals surface area contributed by atoms with Crippen LogP contribution in [0.15, 0.2) is 53.4 Å². The molecule has 0 radical (unpaired) electrons. The predicted octanol–water partition coefficient (Wildman–Crippen LogP) is 3.21. The summed E-state index contributed by atoms with van der Waals surface area (Å²) >= 11 is 0. The molecule has 136 valence electrons. The van der Waals surface area contributed by atoms with Gasteiger partial charge in [0.1, 0.15) is 11.5 Å². The molecule has 1 atom stereocenters. The lowest BCUT2D eigenvalue weighted by atomic mass is 10.1. The van der Waals surface area contributed by atoms with Crippen molar-refractivity contribution < 1.29 is 23.0 Å². The van der Waals surface area contributed by atoms with Crippen molar-refractivity contribution in [3.8, 4) is 11.5 Å². The number of aryl methyl sites for hydroxylation is 1. The molecule has 0 saturated heterocycles. The van der Waals surface area contributed by atoms with E-state index in [0.717, 1.165) is 5.56 Å². The summed E-state index contributed by atoms with van der Waals surface area (Å²) in [5, 5.41) is 9.91. The molecule has 2 aromatic carbocycles. The quantitative estimate of drug-likeness (QED) is 0.728. The van der Waals surface area contributed by atoms with E-state index in [1.807, 2.05) is 19.1 Å². The SMILES string of the molecule is CCC(C)(O)Oc1ccc(CCS(=O)(=O)c2ccc(OC)cc2)cc1. The molecule has 0 bridgehead atoms. The van der Waals surface area contributed by atoms with Crippen molar-refractivity contribution in [3.05, 3.63) is 54.1 Å². The first kappa shape index (κ1) is 19.3. The van der Waals surface area contributed by atoms with Gasteiger partial charge in [-0.2, -0.15) is 0 Å². The van der Waals surface area contributed by atoms with Crippen LogP contribution in [0.1, 0.15) is 25.8 Å². The Morgan fingerprint density at radius 3 is 2.08 bits per heavy atom. The Bertz CT molecular complexity index is 778. The Morgan fingerprint density at radius 1 is 1.00 bits per heavy atom. The molecule has 5 nitrogen and oxygen atoms in total. The van der Waals surface area contributed by atoms with E-state index in [0.29, 0.717) is 24.3 Å². The second-order valence-corrected chi connectivity index (χ2v) is 8.13. The van der Waals surface area contributed by atoms with Crippen LogP contribution in [0.4, 0.5) is 0 Å². The zero-order valence-corrected chi connectivity index (χ0v) is 15.5. The van der Waals surface area contributed by atoms with Crippen LogP contribution in [0.2, 0.25) is 0 Å². The van der Waals surface area contributed by atoms with Crippen molar-refractivity contribution >= 4 is 9.84 Å². The molecule has 0 saturated carbocycles. The summed E-state index contributed by atoms with van der Waals surface area (Å²) < 4.78 is 35.3. The molecule has 0 heterocycles. The summed E-state index contributed by atoms with van der Waals surface area (Å²) in [5.41, 5.74) is 0.889. The van der Waals surface area contributed by atoms with E-state index in [1.54, 1.807) is 43.3 Å². The highest BCUT2D eigenvalue weighted by molar-refractivity contribution is 7.91. The molecular weight excluding hydrogens is 340 g/mol. The molecule has 0 spiro atoms. The van der Waals surface area contributed by atoms with E-state index in [2.05, 4.69) is 0 Å². The lowest BCUT2D eigenvalue weighted by molar-refractivity contribution is -0.123. The molecule has 2 rings (SSSR count). The van der Waals surface area contributed by atoms with Crippen molar-refractivity contribution in [2.75, 3.05) is 12.9 Å². The first-order valence-corrected chi connectivity index (χ1v) is 9.78. The third-order valence-corrected chi connectivity index (χ3v) is 5.73. The summed E-state index contributed by atoms with van der Waals surface area (Å²) in [7, 11) is -1.81. The number of rotatable bonds is 8. The maximum absolute atomic E-state index is 12.4. The number of sulfone groups is 1. The van der Waals surface area contributed by atoms with E-state index < -0.39 is 15.6 Å². The molecule has 0 aliphatic carbocycles. The van der Waals surface area contributed by atoms with E-state index >= 15 is 0 Å². The van der Waals surface area contributed by atoms with Gasteiger partial charge in [0.05, 0.1) is 17.8 Å². The molecule has 25 heavy (non-hydrogen) atoms. The lowest BCUT2D eigenvalue weighted by Gasteiger charge is -2.23. The van der Waals surface area contributed by atoms with Gasteiger partial charge in [-0.15, -0.1) is 0 Å². The Labute approximate surface area is 149 Å². The van der Waals surface area contributed by atoms with Crippen LogP contribution < -0.4 is 9.47 Å². The van der Waals surface area contributed by atoms with Gasteiger partial charge in [0.2, 0.25) is 5.79 Å². The van der Waals surface area contributed by atoms with Crippen molar-refractivity contribution in [1.82, 2.24) is 0 Å². The fourth-order valence-electron chi connectivity index (χ4n) is 2.20. The van der Waals surface area contributed by atoms with E-state index in [4.69, 9.17) is 9.47 Å². The predicted molar refractivity (Wildman–Crippen MR) is 96.7 cm³/mol. The number of methoxy groups -OCH3 is 1. The fraction of sp³-hybridized carbons (Fsp3) is 0.368. The van der Waals surface area contributed by atoms with Crippen molar-refractivity contribution in [2.45, 2.75) is 37.4 Å². The first-order valence-electron chi connectivity index (χ1n) is 8.13. The second-order valence-electron chi connectivity index (χ2n) is 6.02. The number of aliphatic hydroxyl groups is 1. The maximum atomic E-state index is 12.4. The van der Waals surface area contributed by atoms with Crippen LogP contribution in [0.25, 0.3) is 0 Å². The topological polar surface area (TPSA) is 72.8 Å². The highest BCUT2D eigenvalue weighted by Gasteiger charge is 2.19. The second kappa shape index (κ2) is 7.89. The highest BCUT2D eigenvalue weighted by atomic mass is 32.2. The number of benzene rings is 2. The summed E-state index contributed by atoms with van der Waals surface area (Å²) in [6, 6.07) is 13.5. The fourth-order valence-corrected chi connectivity index (χ4v) is 3.49. The minimum atomic E-state index is -3.35. The molecule has 0 fully saturated rings. The minimum Gasteiger partial charge on any atom is -0.497 e. The van der Waals surface area contributed by atoms with Gasteiger partial charge >= 0.3 is 0 Å². The number of hydrogen-bond donors (Lipinski definition) is 1. The first-order chi connectivity index (χ1) is 11.8. The molecular formula is C19H24O5S. The summed E-state index contributed by atoms with van der Waals surface area (Å²) in [4.78, 5) is 0.284. The third kappa shape index (κ3) is 5.47. The molecule has 0 amide bonds. The van der Waals surface area contributed by atoms with Crippen LogP contribution in [0, 0.1) is 0 Å². The largest absolute Gasteiger partial charge is 0.497 e. The molecule has 0 aliphatic heterocycles. The van der Waals surface area contributed by atoms with E-state index in [-0.39, 0.29) is 10.6 Å². The molecule has 6 heteroatoms. The van der Waals surface area contributed by atoms with Gasteiger partial charge < -0.3 is 14.6 Å². The van der Waals surface area contributed by atoms with Gasteiger partial charge in [0, 0.05) is 13.3 Å². The third-order valence-electron chi connectivity index (χ3n) is 4.00. The number of ether oxygens (including phenoxy) is 2. The van der Waals surface area contributed by atoms with Crippen molar-refractivity contribution in [3.63, 3.8) is 0 Å². The van der Waals surface area contributed by atoms with Gasteiger partial charge in [-0.05, 0) is 48.4 Å². The normalized spacial score (nSPS) is 13.9. The van der Waals surface area contributed by atoms with Crippen LogP contribution in [0.3, 0.4) is 0 Å². The van der Waals surface area contributed by atoms with Gasteiger partial charge in [0.25, 0.3) is 0 Å². The average molecular weight is 364 g/mol. The Hall–Kier alpha value is -2.05. The Kier molecular flexibility index (Phi) is 6.08. The van der Waals surface area contributed by atoms with Crippen LogP contribution in [-0.2, 0) is 16.3 Å². The van der Waals surface area contributed by atoms with E-state index in [1.165, 1.54) is 7.11 Å². The van der Waals surface area contributed by atoms with Gasteiger partial charge in [-0.1, -0.05) is 19.1 Å². The Balaban J connectivity index is 2.00. The van der Waals surface area contributed by atoms with Gasteiger partial charge in [0.15, 0.2) is 9.84 Å². The molecule has 1 unspecified atom stereocenters. The molecule has 1 N–H and O–H groups in total. The van der Waals surface area contributed by atoms with E-state index in [9.17, 15) is 13.5 Å². The van der Waals surface area contributed by atoms with Crippen LogP contribution >= 0.6 is 0 Å². The molecule has 0 aliphatic rings. The Morgan fingerprint density at radius 2 is 1.56 bits per heavy atom. The maximum Gasteiger partial charge on any atom is 0.204 e. The lowest BCUT2D eigenvalue weighted by Crippen LogP contribution is -2.30. The van der Waals surface area contributed by atoms with Crippen LogP contribution in [-0.4, -0.2) is 32.2 Å². The van der Waals surface area contributed by atoms with Crippen molar-refractivity contribution in [2.24, 2.45) is 0 Å². The molecule has 0 aromatic heterocycles. The standard InChI is InChI=1S/C19H24O5S/c1-4-19(2,20)24-17-7-5-15(6-8-17)13-14-25(21,22)18-11-9-16(23-3)10-12-18/h5-12,20H,4,13-14H2,1-3H3. The highest BCUT2D eigenvalue weighted by Crippen LogP contribution is 2.21. The monoisotopic (exact) mass is 364 g/mol. The number of hydrogen-bond acceptors (Lipinski definition) is 5. The molecule has 2 aromatic rings. The smallest absolute Gasteiger partial charge is 0.204 e. The van der Waals surface area contributed by atoms with Crippen molar-refractivity contribution in [1.29, 1.82) is 0 Å².